The largest absolute Gasteiger partial charge is 0.492 e. The molecule has 1 aromatic carbocycles. The van der Waals surface area contributed by atoms with Crippen LogP contribution in [0, 0.1) is 0 Å². The zero-order valence-corrected chi connectivity index (χ0v) is 13.6. The molecule has 1 heterocycles. The van der Waals surface area contributed by atoms with Crippen molar-refractivity contribution in [2.45, 2.75) is 4.21 Å². The van der Waals surface area contributed by atoms with Crippen molar-refractivity contribution in [2.75, 3.05) is 17.9 Å². The van der Waals surface area contributed by atoms with E-state index in [0.717, 1.165) is 11.3 Å². The van der Waals surface area contributed by atoms with Gasteiger partial charge in [0.05, 0.1) is 0 Å². The monoisotopic (exact) mass is 376 g/mol. The van der Waals surface area contributed by atoms with Gasteiger partial charge in [0.25, 0.3) is 10.0 Å². The van der Waals surface area contributed by atoms with E-state index >= 15 is 0 Å². The second kappa shape index (κ2) is 6.57. The molecule has 0 bridgehead atoms. The van der Waals surface area contributed by atoms with Gasteiger partial charge in [-0.05, 0) is 51.6 Å². The highest BCUT2D eigenvalue weighted by Gasteiger charge is 2.19. The molecule has 0 saturated heterocycles. The highest BCUT2D eigenvalue weighted by molar-refractivity contribution is 9.10. The number of benzene rings is 1. The van der Waals surface area contributed by atoms with Gasteiger partial charge in [-0.25, -0.2) is 8.42 Å². The average molecular weight is 377 g/mol. The number of ether oxygens (including phenoxy) is 1. The summed E-state index contributed by atoms with van der Waals surface area (Å²) in [5, 5.41) is 1.71. The maximum atomic E-state index is 12.2. The number of sulfonamides is 1. The van der Waals surface area contributed by atoms with E-state index in [1.165, 1.54) is 0 Å². The molecule has 108 valence electrons. The topological polar surface area (TPSA) is 81.4 Å². The van der Waals surface area contributed by atoms with Crippen LogP contribution in [0.25, 0.3) is 0 Å². The third kappa shape index (κ3) is 3.72. The summed E-state index contributed by atoms with van der Waals surface area (Å²) < 4.78 is 33.0. The molecule has 20 heavy (non-hydrogen) atoms. The highest BCUT2D eigenvalue weighted by Crippen LogP contribution is 2.29. The fraction of sp³-hybridized carbons (Fsp3) is 0.167. The smallest absolute Gasteiger partial charge is 0.272 e. The molecule has 8 heteroatoms. The molecule has 2 aromatic rings. The van der Waals surface area contributed by atoms with Gasteiger partial charge in [0.2, 0.25) is 0 Å². The lowest BCUT2D eigenvalue weighted by Gasteiger charge is -2.08. The van der Waals surface area contributed by atoms with Crippen LogP contribution in [-0.2, 0) is 10.0 Å². The van der Waals surface area contributed by atoms with Crippen LogP contribution >= 0.6 is 27.3 Å². The SMILES string of the molecule is NCCOc1ccc(NS(=O)(=O)c2sccc2Br)cc1. The minimum atomic E-state index is -3.57. The Kier molecular flexibility index (Phi) is 5.03. The van der Waals surface area contributed by atoms with Gasteiger partial charge in [-0.15, -0.1) is 11.3 Å². The summed E-state index contributed by atoms with van der Waals surface area (Å²) in [6.45, 7) is 0.855. The van der Waals surface area contributed by atoms with Crippen molar-refractivity contribution in [1.29, 1.82) is 0 Å². The van der Waals surface area contributed by atoms with Gasteiger partial charge in [-0.1, -0.05) is 0 Å². The first-order valence-corrected chi connectivity index (χ1v) is 8.87. The van der Waals surface area contributed by atoms with Crippen LogP contribution in [0.5, 0.6) is 5.75 Å². The molecular weight excluding hydrogens is 364 g/mol. The van der Waals surface area contributed by atoms with Crippen molar-refractivity contribution in [2.24, 2.45) is 5.73 Å². The van der Waals surface area contributed by atoms with E-state index in [9.17, 15) is 8.42 Å². The van der Waals surface area contributed by atoms with Crippen LogP contribution < -0.4 is 15.2 Å². The van der Waals surface area contributed by atoms with Crippen LogP contribution in [0.1, 0.15) is 0 Å². The van der Waals surface area contributed by atoms with E-state index in [-0.39, 0.29) is 4.21 Å². The fourth-order valence-electron chi connectivity index (χ4n) is 1.47. The minimum Gasteiger partial charge on any atom is -0.492 e. The highest BCUT2D eigenvalue weighted by atomic mass is 79.9. The van der Waals surface area contributed by atoms with Crippen molar-refractivity contribution in [3.8, 4) is 5.75 Å². The van der Waals surface area contributed by atoms with Crippen molar-refractivity contribution in [3.63, 3.8) is 0 Å². The minimum absolute atomic E-state index is 0.251. The van der Waals surface area contributed by atoms with E-state index in [1.807, 2.05) is 0 Å². The molecule has 0 spiro atoms. The predicted octanol–water partition coefficient (Wildman–Crippen LogP) is 2.65. The number of hydrogen-bond donors (Lipinski definition) is 2. The van der Waals surface area contributed by atoms with Crippen LogP contribution in [0.3, 0.4) is 0 Å². The summed E-state index contributed by atoms with van der Waals surface area (Å²) >= 11 is 4.37. The lowest BCUT2D eigenvalue weighted by molar-refractivity contribution is 0.328. The molecule has 0 amide bonds. The molecule has 0 atom stereocenters. The molecule has 0 radical (unpaired) electrons. The van der Waals surface area contributed by atoms with Crippen LogP contribution in [-0.4, -0.2) is 21.6 Å². The number of nitrogens with one attached hydrogen (secondary N) is 1. The second-order valence-electron chi connectivity index (χ2n) is 3.82. The Bertz CT molecular complexity index is 668. The number of hydrogen-bond acceptors (Lipinski definition) is 5. The Morgan fingerprint density at radius 2 is 1.95 bits per heavy atom. The second-order valence-corrected chi connectivity index (χ2v) is 7.47. The first-order valence-electron chi connectivity index (χ1n) is 5.71. The standard InChI is InChI=1S/C12H13BrN2O3S2/c13-11-5-8-19-12(11)20(16,17)15-9-1-3-10(4-2-9)18-7-6-14/h1-5,8,15H,6-7,14H2. The summed E-state index contributed by atoms with van der Waals surface area (Å²) in [6, 6.07) is 8.37. The number of nitrogens with two attached hydrogens (primary N) is 1. The van der Waals surface area contributed by atoms with Gasteiger partial charge in [-0.2, -0.15) is 0 Å². The Morgan fingerprint density at radius 3 is 2.50 bits per heavy atom. The van der Waals surface area contributed by atoms with Crippen LogP contribution in [0.4, 0.5) is 5.69 Å². The van der Waals surface area contributed by atoms with Gasteiger partial charge in [0.15, 0.2) is 4.21 Å². The van der Waals surface area contributed by atoms with Gasteiger partial charge >= 0.3 is 0 Å². The molecule has 0 unspecified atom stereocenters. The van der Waals surface area contributed by atoms with Crippen LogP contribution in [0.2, 0.25) is 0 Å². The number of halogens is 1. The molecule has 0 aliphatic rings. The third-order valence-electron chi connectivity index (χ3n) is 2.32. The number of anilines is 1. The summed E-state index contributed by atoms with van der Waals surface area (Å²) in [5.74, 6) is 0.649. The summed E-state index contributed by atoms with van der Waals surface area (Å²) in [7, 11) is -3.57. The Labute approximate surface area is 129 Å². The summed E-state index contributed by atoms with van der Waals surface area (Å²) in [6.07, 6.45) is 0. The summed E-state index contributed by atoms with van der Waals surface area (Å²) in [5.41, 5.74) is 5.82. The molecule has 0 aliphatic carbocycles. The maximum absolute atomic E-state index is 12.2. The molecular formula is C12H13BrN2O3S2. The Hall–Kier alpha value is -1.09. The van der Waals surface area contributed by atoms with E-state index in [1.54, 1.807) is 35.7 Å². The van der Waals surface area contributed by atoms with Crippen LogP contribution in [0.15, 0.2) is 44.4 Å². The Morgan fingerprint density at radius 1 is 1.25 bits per heavy atom. The molecule has 0 aliphatic heterocycles. The van der Waals surface area contributed by atoms with Gasteiger partial charge in [0.1, 0.15) is 12.4 Å². The van der Waals surface area contributed by atoms with Gasteiger partial charge < -0.3 is 10.5 Å². The Balaban J connectivity index is 2.12. The van der Waals surface area contributed by atoms with E-state index in [0.29, 0.717) is 29.1 Å². The third-order valence-corrected chi connectivity index (χ3v) is 6.37. The predicted molar refractivity (Wildman–Crippen MR) is 83.8 cm³/mol. The molecule has 3 N–H and O–H groups in total. The average Bonchev–Trinajstić information content (AvgIpc) is 2.85. The van der Waals surface area contributed by atoms with E-state index in [2.05, 4.69) is 20.7 Å². The fourth-order valence-corrected chi connectivity index (χ4v) is 4.87. The molecule has 5 nitrogen and oxygen atoms in total. The van der Waals surface area contributed by atoms with Crippen molar-refractivity contribution in [3.05, 3.63) is 40.2 Å². The normalized spacial score (nSPS) is 11.3. The maximum Gasteiger partial charge on any atom is 0.272 e. The van der Waals surface area contributed by atoms with E-state index < -0.39 is 10.0 Å². The quantitative estimate of drug-likeness (QED) is 0.811. The van der Waals surface area contributed by atoms with Gasteiger partial charge in [0, 0.05) is 16.7 Å². The number of rotatable bonds is 6. The van der Waals surface area contributed by atoms with Crippen molar-refractivity contribution < 1.29 is 13.2 Å². The lowest BCUT2D eigenvalue weighted by atomic mass is 10.3. The zero-order valence-electron chi connectivity index (χ0n) is 10.4. The molecule has 2 rings (SSSR count). The van der Waals surface area contributed by atoms with E-state index in [4.69, 9.17) is 10.5 Å². The molecule has 1 aromatic heterocycles. The lowest BCUT2D eigenvalue weighted by Crippen LogP contribution is -2.12. The van der Waals surface area contributed by atoms with Crippen molar-refractivity contribution in [1.82, 2.24) is 0 Å². The first kappa shape index (κ1) is 15.3. The number of thiophene rings is 1. The van der Waals surface area contributed by atoms with Crippen molar-refractivity contribution >= 4 is 43.0 Å². The zero-order chi connectivity index (χ0) is 14.6. The molecule has 0 fully saturated rings. The first-order chi connectivity index (χ1) is 9.53. The van der Waals surface area contributed by atoms with Gasteiger partial charge in [-0.3, -0.25) is 4.72 Å². The summed E-state index contributed by atoms with van der Waals surface area (Å²) in [4.78, 5) is 0. The molecule has 0 saturated carbocycles.